The summed E-state index contributed by atoms with van der Waals surface area (Å²) in [4.78, 5) is 26.3. The van der Waals surface area contributed by atoms with E-state index in [1.807, 2.05) is 11.8 Å². The van der Waals surface area contributed by atoms with Crippen molar-refractivity contribution in [1.82, 2.24) is 20.4 Å². The lowest BCUT2D eigenvalue weighted by Crippen LogP contribution is -2.37. The van der Waals surface area contributed by atoms with E-state index < -0.39 is 0 Å². The minimum atomic E-state index is -0.191. The molecule has 1 atom stereocenters. The fourth-order valence-corrected chi connectivity index (χ4v) is 4.06. The second-order valence-corrected chi connectivity index (χ2v) is 7.41. The van der Waals surface area contributed by atoms with Gasteiger partial charge in [-0.3, -0.25) is 9.59 Å². The third-order valence-corrected chi connectivity index (χ3v) is 5.40. The van der Waals surface area contributed by atoms with Crippen LogP contribution in [-0.2, 0) is 16.0 Å². The van der Waals surface area contributed by atoms with Crippen molar-refractivity contribution >= 4 is 23.2 Å². The van der Waals surface area contributed by atoms with E-state index in [2.05, 4.69) is 15.5 Å². The van der Waals surface area contributed by atoms with Crippen molar-refractivity contribution in [3.63, 3.8) is 0 Å². The van der Waals surface area contributed by atoms with Crippen molar-refractivity contribution in [2.24, 2.45) is 5.92 Å². The van der Waals surface area contributed by atoms with Crippen LogP contribution in [0, 0.1) is 12.8 Å². The Hall–Kier alpha value is -1.50. The number of rotatable bonds is 5. The maximum absolute atomic E-state index is 12.2. The normalized spacial score (nSPS) is 22.5. The summed E-state index contributed by atoms with van der Waals surface area (Å²) in [6.45, 7) is 3.07. The Morgan fingerprint density at radius 2 is 2.14 bits per heavy atom. The molecule has 1 saturated heterocycles. The molecule has 120 valence electrons. The topological polar surface area (TPSA) is 75.2 Å². The van der Waals surface area contributed by atoms with E-state index in [4.69, 9.17) is 0 Å². The van der Waals surface area contributed by atoms with Gasteiger partial charge in [0.2, 0.25) is 11.8 Å². The minimum Gasteiger partial charge on any atom is -0.355 e. The van der Waals surface area contributed by atoms with E-state index in [0.717, 1.165) is 22.9 Å². The van der Waals surface area contributed by atoms with Gasteiger partial charge in [-0.25, -0.2) is 0 Å². The molecular formula is C15H22N4O2S. The predicted molar refractivity (Wildman–Crippen MR) is 83.4 cm³/mol. The highest BCUT2D eigenvalue weighted by atomic mass is 32.1. The average molecular weight is 322 g/mol. The number of nitrogens with one attached hydrogen (secondary N) is 1. The number of aromatic nitrogens is 2. The van der Waals surface area contributed by atoms with E-state index in [9.17, 15) is 9.59 Å². The summed E-state index contributed by atoms with van der Waals surface area (Å²) in [5.74, 6) is -0.0499. The van der Waals surface area contributed by atoms with Gasteiger partial charge in [0, 0.05) is 32.0 Å². The molecule has 1 aromatic heterocycles. The monoisotopic (exact) mass is 322 g/mol. The van der Waals surface area contributed by atoms with Crippen molar-refractivity contribution in [2.45, 2.75) is 51.5 Å². The maximum Gasteiger partial charge on any atom is 0.225 e. The Labute approximate surface area is 134 Å². The molecule has 3 rings (SSSR count). The first kappa shape index (κ1) is 15.4. The lowest BCUT2D eigenvalue weighted by molar-refractivity contribution is -0.130. The van der Waals surface area contributed by atoms with E-state index in [-0.39, 0.29) is 17.7 Å². The Kier molecular flexibility index (Phi) is 4.71. The quantitative estimate of drug-likeness (QED) is 0.886. The average Bonchev–Trinajstić information content (AvgIpc) is 3.19. The van der Waals surface area contributed by atoms with Crippen LogP contribution in [0.5, 0.6) is 0 Å². The first-order valence-corrected chi connectivity index (χ1v) is 8.81. The van der Waals surface area contributed by atoms with Crippen LogP contribution in [0.25, 0.3) is 0 Å². The van der Waals surface area contributed by atoms with Gasteiger partial charge in [0.1, 0.15) is 10.0 Å². The standard InChI is InChI=1S/C15H22N4O2S/c1-10-17-18-13(22-10)6-7-16-15(21)11-8-14(20)19(9-11)12-4-2-3-5-12/h11-12H,2-9H2,1H3,(H,16,21). The van der Waals surface area contributed by atoms with Crippen LogP contribution >= 0.6 is 11.3 Å². The third-order valence-electron chi connectivity index (χ3n) is 4.50. The second-order valence-electron chi connectivity index (χ2n) is 6.14. The molecule has 1 N–H and O–H groups in total. The minimum absolute atomic E-state index is 0.00455. The van der Waals surface area contributed by atoms with Crippen LogP contribution in [0.15, 0.2) is 0 Å². The predicted octanol–water partition coefficient (Wildman–Crippen LogP) is 1.30. The van der Waals surface area contributed by atoms with Crippen LogP contribution < -0.4 is 5.32 Å². The molecular weight excluding hydrogens is 300 g/mol. The summed E-state index contributed by atoms with van der Waals surface area (Å²) in [5, 5.41) is 12.8. The van der Waals surface area contributed by atoms with Gasteiger partial charge in [-0.2, -0.15) is 0 Å². The van der Waals surface area contributed by atoms with Gasteiger partial charge in [0.05, 0.1) is 5.92 Å². The lowest BCUT2D eigenvalue weighted by atomic mass is 10.1. The zero-order chi connectivity index (χ0) is 15.5. The molecule has 7 heteroatoms. The van der Waals surface area contributed by atoms with Crippen molar-refractivity contribution < 1.29 is 9.59 Å². The van der Waals surface area contributed by atoms with Crippen molar-refractivity contribution in [2.75, 3.05) is 13.1 Å². The van der Waals surface area contributed by atoms with E-state index in [0.29, 0.717) is 32.0 Å². The number of carbonyl (C=O) groups is 2. The molecule has 6 nitrogen and oxygen atoms in total. The number of aryl methyl sites for hydroxylation is 1. The van der Waals surface area contributed by atoms with Gasteiger partial charge in [-0.15, -0.1) is 21.5 Å². The van der Waals surface area contributed by atoms with Crippen LogP contribution in [0.4, 0.5) is 0 Å². The highest BCUT2D eigenvalue weighted by molar-refractivity contribution is 7.11. The van der Waals surface area contributed by atoms with Crippen LogP contribution in [0.3, 0.4) is 0 Å². The van der Waals surface area contributed by atoms with Crippen molar-refractivity contribution in [1.29, 1.82) is 0 Å². The van der Waals surface area contributed by atoms with E-state index in [1.165, 1.54) is 12.8 Å². The lowest BCUT2D eigenvalue weighted by Gasteiger charge is -2.23. The van der Waals surface area contributed by atoms with Crippen molar-refractivity contribution in [3.05, 3.63) is 10.0 Å². The van der Waals surface area contributed by atoms with Gasteiger partial charge in [-0.05, 0) is 19.8 Å². The summed E-state index contributed by atoms with van der Waals surface area (Å²) in [6.07, 6.45) is 5.65. The highest BCUT2D eigenvalue weighted by Crippen LogP contribution is 2.29. The molecule has 2 amide bonds. The highest BCUT2D eigenvalue weighted by Gasteiger charge is 2.38. The van der Waals surface area contributed by atoms with Crippen LogP contribution in [-0.4, -0.2) is 46.0 Å². The molecule has 0 aromatic carbocycles. The first-order chi connectivity index (χ1) is 10.6. The zero-order valence-electron chi connectivity index (χ0n) is 12.9. The van der Waals surface area contributed by atoms with Gasteiger partial charge in [0.25, 0.3) is 0 Å². The fraction of sp³-hybridized carbons (Fsp3) is 0.733. The van der Waals surface area contributed by atoms with Crippen LogP contribution in [0.1, 0.15) is 42.1 Å². The third kappa shape index (κ3) is 3.45. The molecule has 2 heterocycles. The fourth-order valence-electron chi connectivity index (χ4n) is 3.35. The van der Waals surface area contributed by atoms with E-state index >= 15 is 0 Å². The summed E-state index contributed by atoms with van der Waals surface area (Å²) in [7, 11) is 0. The smallest absolute Gasteiger partial charge is 0.225 e. The molecule has 0 spiro atoms. The molecule has 1 aromatic rings. The summed E-state index contributed by atoms with van der Waals surface area (Å²) < 4.78 is 0. The van der Waals surface area contributed by atoms with Crippen LogP contribution in [0.2, 0.25) is 0 Å². The molecule has 1 unspecified atom stereocenters. The van der Waals surface area contributed by atoms with E-state index in [1.54, 1.807) is 11.3 Å². The number of hydrogen-bond donors (Lipinski definition) is 1. The molecule has 2 fully saturated rings. The molecule has 2 aliphatic rings. The number of amides is 2. The van der Waals surface area contributed by atoms with Gasteiger partial charge < -0.3 is 10.2 Å². The Bertz CT molecular complexity index is 553. The summed E-state index contributed by atoms with van der Waals surface area (Å²) in [5.41, 5.74) is 0. The molecule has 0 bridgehead atoms. The molecule has 0 radical (unpaired) electrons. The number of carbonyl (C=O) groups excluding carboxylic acids is 2. The number of nitrogens with zero attached hydrogens (tertiary/aromatic N) is 3. The van der Waals surface area contributed by atoms with Crippen molar-refractivity contribution in [3.8, 4) is 0 Å². The first-order valence-electron chi connectivity index (χ1n) is 7.99. The zero-order valence-corrected chi connectivity index (χ0v) is 13.7. The largest absolute Gasteiger partial charge is 0.355 e. The molecule has 1 aliphatic heterocycles. The summed E-state index contributed by atoms with van der Waals surface area (Å²) >= 11 is 1.55. The number of likely N-dealkylation sites (tertiary alicyclic amines) is 1. The SMILES string of the molecule is Cc1nnc(CCNC(=O)C2CC(=O)N(C3CCCC3)C2)s1. The van der Waals surface area contributed by atoms with Gasteiger partial charge >= 0.3 is 0 Å². The maximum atomic E-state index is 12.2. The second kappa shape index (κ2) is 6.73. The number of hydrogen-bond acceptors (Lipinski definition) is 5. The molecule has 22 heavy (non-hydrogen) atoms. The Morgan fingerprint density at radius 3 is 2.82 bits per heavy atom. The summed E-state index contributed by atoms with van der Waals surface area (Å²) in [6, 6.07) is 0.370. The van der Waals surface area contributed by atoms with Gasteiger partial charge in [0.15, 0.2) is 0 Å². The molecule has 1 aliphatic carbocycles. The molecule has 1 saturated carbocycles. The Balaban J connectivity index is 1.45. The Morgan fingerprint density at radius 1 is 1.36 bits per heavy atom. The van der Waals surface area contributed by atoms with Gasteiger partial charge in [-0.1, -0.05) is 12.8 Å².